The van der Waals surface area contributed by atoms with E-state index >= 15 is 0 Å². The van der Waals surface area contributed by atoms with Crippen LogP contribution >= 0.6 is 0 Å². The van der Waals surface area contributed by atoms with Crippen LogP contribution in [0.3, 0.4) is 0 Å². The van der Waals surface area contributed by atoms with Gasteiger partial charge in [-0.15, -0.1) is 0 Å². The first kappa shape index (κ1) is 14.9. The average Bonchev–Trinajstić information content (AvgIpc) is 2.37. The van der Waals surface area contributed by atoms with Crippen molar-refractivity contribution in [3.63, 3.8) is 0 Å². The minimum Gasteiger partial charge on any atom is -0.374 e. The van der Waals surface area contributed by atoms with Crippen LogP contribution in [-0.4, -0.2) is 18.2 Å². The van der Waals surface area contributed by atoms with Crippen LogP contribution in [0.25, 0.3) is 0 Å². The van der Waals surface area contributed by atoms with Crippen molar-refractivity contribution in [1.82, 2.24) is 5.43 Å². The predicted molar refractivity (Wildman–Crippen MR) is 72.6 cm³/mol. The highest BCUT2D eigenvalue weighted by atomic mass is 16.5. The summed E-state index contributed by atoms with van der Waals surface area (Å²) >= 11 is 0. The van der Waals surface area contributed by atoms with Crippen LogP contribution in [-0.2, 0) is 4.74 Å². The molecule has 2 atom stereocenters. The molecule has 1 rings (SSSR count). The fraction of sp³-hybridized carbons (Fsp3) is 1.00. The van der Waals surface area contributed by atoms with Crippen LogP contribution < -0.4 is 11.3 Å². The first-order valence-electron chi connectivity index (χ1n) is 7.28. The van der Waals surface area contributed by atoms with Gasteiger partial charge in [0.2, 0.25) is 0 Å². The van der Waals surface area contributed by atoms with E-state index in [0.717, 1.165) is 25.9 Å². The van der Waals surface area contributed by atoms with E-state index in [1.807, 2.05) is 0 Å². The Labute approximate surface area is 106 Å². The van der Waals surface area contributed by atoms with Crippen LogP contribution in [0.4, 0.5) is 0 Å². The lowest BCUT2D eigenvalue weighted by Crippen LogP contribution is -2.56. The van der Waals surface area contributed by atoms with Gasteiger partial charge in [0, 0.05) is 6.61 Å². The molecule has 102 valence electrons. The molecule has 3 nitrogen and oxygen atoms in total. The van der Waals surface area contributed by atoms with E-state index in [9.17, 15) is 0 Å². The van der Waals surface area contributed by atoms with Crippen LogP contribution in [0, 0.1) is 5.92 Å². The van der Waals surface area contributed by atoms with Gasteiger partial charge in [-0.25, -0.2) is 0 Å². The Morgan fingerprint density at radius 3 is 2.35 bits per heavy atom. The normalized spacial score (nSPS) is 23.3. The molecule has 0 aromatic carbocycles. The molecule has 1 aliphatic carbocycles. The number of ether oxygens (including phenoxy) is 1. The Morgan fingerprint density at radius 2 is 1.88 bits per heavy atom. The number of nitrogens with one attached hydrogen (secondary N) is 1. The summed E-state index contributed by atoms with van der Waals surface area (Å²) in [5, 5.41) is 0. The summed E-state index contributed by atoms with van der Waals surface area (Å²) in [5.74, 6) is 6.50. The van der Waals surface area contributed by atoms with Gasteiger partial charge >= 0.3 is 0 Å². The first-order valence-corrected chi connectivity index (χ1v) is 7.28. The standard InChI is InChI=1S/C14H30N2O/c1-4-12(3)11-13(16-15)14(17-5-2)9-7-6-8-10-14/h12-13,16H,4-11,15H2,1-3H3. The molecule has 0 saturated heterocycles. The average molecular weight is 242 g/mol. The van der Waals surface area contributed by atoms with Crippen molar-refractivity contribution in [2.75, 3.05) is 6.61 Å². The van der Waals surface area contributed by atoms with Crippen molar-refractivity contribution >= 4 is 0 Å². The minimum absolute atomic E-state index is 0.00875. The summed E-state index contributed by atoms with van der Waals surface area (Å²) in [7, 11) is 0. The number of rotatable bonds is 7. The Hall–Kier alpha value is -0.120. The van der Waals surface area contributed by atoms with Crippen LogP contribution in [0.1, 0.15) is 65.7 Å². The summed E-state index contributed by atoms with van der Waals surface area (Å²) in [6, 6.07) is 0.303. The third-order valence-corrected chi connectivity index (χ3v) is 4.30. The van der Waals surface area contributed by atoms with Gasteiger partial charge in [-0.1, -0.05) is 39.5 Å². The Balaban J connectivity index is 2.70. The second-order valence-electron chi connectivity index (χ2n) is 5.53. The van der Waals surface area contributed by atoms with E-state index in [1.54, 1.807) is 0 Å². The Morgan fingerprint density at radius 1 is 1.24 bits per heavy atom. The molecule has 0 aromatic heterocycles. The van der Waals surface area contributed by atoms with Crippen molar-refractivity contribution in [3.8, 4) is 0 Å². The molecule has 3 heteroatoms. The van der Waals surface area contributed by atoms with Gasteiger partial charge in [0.1, 0.15) is 0 Å². The lowest BCUT2D eigenvalue weighted by molar-refractivity contribution is -0.0940. The molecule has 0 amide bonds. The van der Waals surface area contributed by atoms with E-state index in [4.69, 9.17) is 10.6 Å². The molecule has 0 bridgehead atoms. The van der Waals surface area contributed by atoms with Gasteiger partial charge in [-0.05, 0) is 32.1 Å². The Bertz CT molecular complexity index is 197. The molecule has 3 N–H and O–H groups in total. The lowest BCUT2D eigenvalue weighted by atomic mass is 9.76. The third-order valence-electron chi connectivity index (χ3n) is 4.30. The molecule has 0 heterocycles. The van der Waals surface area contributed by atoms with Crippen molar-refractivity contribution in [2.24, 2.45) is 11.8 Å². The molecule has 0 aromatic rings. The van der Waals surface area contributed by atoms with Gasteiger partial charge in [0.05, 0.1) is 11.6 Å². The molecular formula is C14H30N2O. The second-order valence-corrected chi connectivity index (χ2v) is 5.53. The SMILES string of the molecule is CCOC1(C(CC(C)CC)NN)CCCCC1. The number of nitrogens with two attached hydrogens (primary N) is 1. The van der Waals surface area contributed by atoms with Crippen LogP contribution in [0.2, 0.25) is 0 Å². The first-order chi connectivity index (χ1) is 8.18. The highest BCUT2D eigenvalue weighted by Gasteiger charge is 2.40. The van der Waals surface area contributed by atoms with E-state index in [0.29, 0.717) is 12.0 Å². The molecular weight excluding hydrogens is 212 g/mol. The molecule has 1 saturated carbocycles. The summed E-state index contributed by atoms with van der Waals surface area (Å²) < 4.78 is 6.13. The zero-order valence-corrected chi connectivity index (χ0v) is 11.8. The molecule has 0 radical (unpaired) electrons. The molecule has 1 fully saturated rings. The summed E-state index contributed by atoms with van der Waals surface area (Å²) in [6.07, 6.45) is 8.54. The topological polar surface area (TPSA) is 47.3 Å². The minimum atomic E-state index is -0.00875. The van der Waals surface area contributed by atoms with Crippen LogP contribution in [0.15, 0.2) is 0 Å². The lowest BCUT2D eigenvalue weighted by Gasteiger charge is -2.43. The van der Waals surface area contributed by atoms with Crippen molar-refractivity contribution in [2.45, 2.75) is 77.4 Å². The van der Waals surface area contributed by atoms with Gasteiger partial charge in [0.15, 0.2) is 0 Å². The number of hydrazine groups is 1. The maximum atomic E-state index is 6.13. The fourth-order valence-electron chi connectivity index (χ4n) is 3.03. The zero-order chi connectivity index (χ0) is 12.7. The highest BCUT2D eigenvalue weighted by molar-refractivity contribution is 4.95. The second kappa shape index (κ2) is 7.34. The van der Waals surface area contributed by atoms with Gasteiger partial charge in [-0.2, -0.15) is 0 Å². The summed E-state index contributed by atoms with van der Waals surface area (Å²) in [6.45, 7) is 7.42. The Kier molecular flexibility index (Phi) is 6.45. The summed E-state index contributed by atoms with van der Waals surface area (Å²) in [4.78, 5) is 0. The molecule has 1 aliphatic rings. The van der Waals surface area contributed by atoms with E-state index in [1.165, 1.54) is 25.7 Å². The highest BCUT2D eigenvalue weighted by Crippen LogP contribution is 2.36. The molecule has 0 aliphatic heterocycles. The molecule has 17 heavy (non-hydrogen) atoms. The molecule has 2 unspecified atom stereocenters. The molecule has 0 spiro atoms. The van der Waals surface area contributed by atoms with Crippen molar-refractivity contribution in [3.05, 3.63) is 0 Å². The van der Waals surface area contributed by atoms with E-state index in [-0.39, 0.29) is 5.60 Å². The van der Waals surface area contributed by atoms with Gasteiger partial charge in [-0.3, -0.25) is 11.3 Å². The maximum absolute atomic E-state index is 6.13. The maximum Gasteiger partial charge on any atom is 0.0848 e. The van der Waals surface area contributed by atoms with Crippen molar-refractivity contribution < 1.29 is 4.74 Å². The third kappa shape index (κ3) is 3.94. The number of hydrogen-bond acceptors (Lipinski definition) is 3. The largest absolute Gasteiger partial charge is 0.374 e. The van der Waals surface area contributed by atoms with E-state index in [2.05, 4.69) is 26.2 Å². The van der Waals surface area contributed by atoms with Crippen LogP contribution in [0.5, 0.6) is 0 Å². The monoisotopic (exact) mass is 242 g/mol. The zero-order valence-electron chi connectivity index (χ0n) is 11.8. The predicted octanol–water partition coefficient (Wildman–Crippen LogP) is 2.99. The van der Waals surface area contributed by atoms with E-state index < -0.39 is 0 Å². The van der Waals surface area contributed by atoms with Gasteiger partial charge < -0.3 is 4.74 Å². The number of hydrogen-bond donors (Lipinski definition) is 2. The van der Waals surface area contributed by atoms with Gasteiger partial charge in [0.25, 0.3) is 0 Å². The fourth-order valence-corrected chi connectivity index (χ4v) is 3.03. The quantitative estimate of drug-likeness (QED) is 0.533. The van der Waals surface area contributed by atoms with Crippen molar-refractivity contribution in [1.29, 1.82) is 0 Å². The summed E-state index contributed by atoms with van der Waals surface area (Å²) in [5.41, 5.74) is 3.03. The smallest absolute Gasteiger partial charge is 0.0848 e.